The molecule has 4 aliphatic rings. The number of hydrogen-bond donors (Lipinski definition) is 2. The second-order valence-electron chi connectivity index (χ2n) is 11.3. The van der Waals surface area contributed by atoms with E-state index in [1.807, 2.05) is 48.5 Å². The van der Waals surface area contributed by atoms with Gasteiger partial charge in [0.05, 0.1) is 24.9 Å². The fraction of sp³-hybridized carbons (Fsp3) is 0.448. The van der Waals surface area contributed by atoms with Gasteiger partial charge < -0.3 is 9.30 Å². The number of benzene rings is 2. The van der Waals surface area contributed by atoms with Crippen LogP contribution in [0.3, 0.4) is 0 Å². The number of alkyl halides is 1. The Morgan fingerprint density at radius 2 is 1.81 bits per heavy atom. The van der Waals surface area contributed by atoms with Crippen molar-refractivity contribution >= 4 is 38.4 Å². The van der Waals surface area contributed by atoms with Gasteiger partial charge in [0, 0.05) is 22.2 Å². The van der Waals surface area contributed by atoms with Gasteiger partial charge in [0.2, 0.25) is 5.91 Å². The second-order valence-corrected chi connectivity index (χ2v) is 13.0. The molecule has 6 nitrogen and oxygen atoms in total. The number of nitrogens with zero attached hydrogens (tertiary/aromatic N) is 1. The molecule has 0 aliphatic heterocycles. The van der Waals surface area contributed by atoms with E-state index in [1.54, 1.807) is 17.7 Å². The fourth-order valence-corrected chi connectivity index (χ4v) is 9.09. The molecule has 2 N–H and O–H groups in total. The van der Waals surface area contributed by atoms with Crippen LogP contribution in [0.5, 0.6) is 5.75 Å². The summed E-state index contributed by atoms with van der Waals surface area (Å²) in [6.45, 7) is 0.453. The van der Waals surface area contributed by atoms with Gasteiger partial charge >= 0.3 is 0 Å². The Bertz CT molecular complexity index is 1350. The lowest BCUT2D eigenvalue weighted by Gasteiger charge is -2.60. The normalized spacial score (nSPS) is 28.3. The smallest absolute Gasteiger partial charge is 0.251 e. The van der Waals surface area contributed by atoms with Gasteiger partial charge in [0.25, 0.3) is 5.56 Å². The standard InChI is InChI=1S/C29H32BrN3O3/c1-36-22-7-5-19(6-8-22)17-33-25-4-2-3-24(23(25)9-10-27(33)35)31-32-26(34)16-28-12-20-11-21(13-28)15-29(30,14-20)18-28/h2-10,20-21,31H,11-18H2,1H3,(H,32,34). The monoisotopic (exact) mass is 549 g/mol. The Hall–Kier alpha value is -2.80. The largest absolute Gasteiger partial charge is 0.497 e. The lowest BCUT2D eigenvalue weighted by Crippen LogP contribution is -2.54. The third-order valence-corrected chi connectivity index (χ3v) is 9.44. The first-order valence-corrected chi connectivity index (χ1v) is 13.6. The van der Waals surface area contributed by atoms with Crippen LogP contribution in [0.4, 0.5) is 5.69 Å². The first kappa shape index (κ1) is 23.6. The van der Waals surface area contributed by atoms with Crippen LogP contribution in [0.2, 0.25) is 0 Å². The maximum atomic E-state index is 13.1. The third-order valence-electron chi connectivity index (χ3n) is 8.52. The number of methoxy groups -OCH3 is 1. The highest BCUT2D eigenvalue weighted by Gasteiger charge is 2.57. The Morgan fingerprint density at radius 1 is 1.06 bits per heavy atom. The summed E-state index contributed by atoms with van der Waals surface area (Å²) in [6.07, 6.45) is 7.88. The number of halogens is 1. The number of rotatable bonds is 7. The molecule has 0 radical (unpaired) electrons. The van der Waals surface area contributed by atoms with Gasteiger partial charge in [0.1, 0.15) is 5.75 Å². The number of nitrogens with one attached hydrogen (secondary N) is 2. The summed E-state index contributed by atoms with van der Waals surface area (Å²) >= 11 is 4.05. The molecule has 1 aromatic heterocycles. The highest BCUT2D eigenvalue weighted by atomic mass is 79.9. The molecule has 0 saturated heterocycles. The van der Waals surface area contributed by atoms with Gasteiger partial charge in [-0.05, 0) is 91.7 Å². The molecule has 188 valence electrons. The minimum atomic E-state index is -0.0648. The van der Waals surface area contributed by atoms with E-state index in [0.717, 1.165) is 46.2 Å². The summed E-state index contributed by atoms with van der Waals surface area (Å²) < 4.78 is 7.25. The molecular weight excluding hydrogens is 518 g/mol. The minimum Gasteiger partial charge on any atom is -0.497 e. The van der Waals surface area contributed by atoms with Gasteiger partial charge in [-0.2, -0.15) is 0 Å². The van der Waals surface area contributed by atoms with Crippen molar-refractivity contribution in [1.82, 2.24) is 9.99 Å². The lowest BCUT2D eigenvalue weighted by atomic mass is 9.48. The van der Waals surface area contributed by atoms with E-state index >= 15 is 0 Å². The van der Waals surface area contributed by atoms with Crippen LogP contribution >= 0.6 is 15.9 Å². The van der Waals surface area contributed by atoms with Crippen LogP contribution in [0, 0.1) is 17.3 Å². The molecule has 2 aromatic carbocycles. The molecule has 1 amide bonds. The SMILES string of the molecule is COc1ccc(Cn2c(=O)ccc3c(NNC(=O)CC45CC6CC(CC(Br)(C6)C4)C5)cccc32)cc1. The van der Waals surface area contributed by atoms with Gasteiger partial charge in [-0.1, -0.05) is 34.1 Å². The fourth-order valence-electron chi connectivity index (χ4n) is 7.58. The first-order valence-electron chi connectivity index (χ1n) is 12.8. The van der Waals surface area contributed by atoms with Gasteiger partial charge in [-0.15, -0.1) is 0 Å². The van der Waals surface area contributed by atoms with Gasteiger partial charge in [-0.3, -0.25) is 20.4 Å². The zero-order valence-corrected chi connectivity index (χ0v) is 22.1. The molecular formula is C29H32BrN3O3. The van der Waals surface area contributed by atoms with Crippen LogP contribution < -0.4 is 21.1 Å². The summed E-state index contributed by atoms with van der Waals surface area (Å²) in [5.41, 5.74) is 8.80. The number of hydrogen-bond acceptors (Lipinski definition) is 4. The molecule has 2 atom stereocenters. The molecule has 4 bridgehead atoms. The molecule has 1 heterocycles. The maximum Gasteiger partial charge on any atom is 0.251 e. The van der Waals surface area contributed by atoms with Crippen LogP contribution in [0.25, 0.3) is 10.9 Å². The number of carbonyl (C=O) groups excluding carboxylic acids is 1. The van der Waals surface area contributed by atoms with E-state index in [9.17, 15) is 9.59 Å². The molecule has 2 unspecified atom stereocenters. The van der Waals surface area contributed by atoms with Crippen molar-refractivity contribution < 1.29 is 9.53 Å². The molecule has 0 spiro atoms. The van der Waals surface area contributed by atoms with E-state index in [2.05, 4.69) is 26.8 Å². The van der Waals surface area contributed by atoms with E-state index in [0.29, 0.717) is 13.0 Å². The topological polar surface area (TPSA) is 72.4 Å². The minimum absolute atomic E-state index is 0.0385. The summed E-state index contributed by atoms with van der Waals surface area (Å²) in [7, 11) is 1.64. The number of anilines is 1. The third kappa shape index (κ3) is 4.42. The number of amides is 1. The van der Waals surface area contributed by atoms with Gasteiger partial charge in [-0.25, -0.2) is 0 Å². The first-order chi connectivity index (χ1) is 17.3. The van der Waals surface area contributed by atoms with Crippen LogP contribution in [0.15, 0.2) is 59.4 Å². The van der Waals surface area contributed by atoms with Gasteiger partial charge in [0.15, 0.2) is 0 Å². The summed E-state index contributed by atoms with van der Waals surface area (Å²) in [5.74, 6) is 2.33. The Morgan fingerprint density at radius 3 is 2.50 bits per heavy atom. The average molecular weight is 550 g/mol. The number of pyridine rings is 1. The van der Waals surface area contributed by atoms with Crippen molar-refractivity contribution in [1.29, 1.82) is 0 Å². The van der Waals surface area contributed by atoms with Crippen molar-refractivity contribution in [3.05, 3.63) is 70.5 Å². The summed E-state index contributed by atoms with van der Waals surface area (Å²) in [5, 5.41) is 0.889. The highest BCUT2D eigenvalue weighted by Crippen LogP contribution is 2.65. The van der Waals surface area contributed by atoms with Crippen molar-refractivity contribution in [3.63, 3.8) is 0 Å². The molecule has 4 fully saturated rings. The van der Waals surface area contributed by atoms with Crippen molar-refractivity contribution in [2.75, 3.05) is 12.5 Å². The van der Waals surface area contributed by atoms with Crippen LogP contribution in [0.1, 0.15) is 50.5 Å². The Balaban J connectivity index is 1.19. The number of ether oxygens (including phenoxy) is 1. The Kier molecular flexibility index (Phi) is 5.86. The van der Waals surface area contributed by atoms with E-state index in [-0.39, 0.29) is 21.2 Å². The van der Waals surface area contributed by atoms with Crippen molar-refractivity contribution in [3.8, 4) is 5.75 Å². The maximum absolute atomic E-state index is 13.1. The average Bonchev–Trinajstić information content (AvgIpc) is 2.83. The van der Waals surface area contributed by atoms with Crippen LogP contribution in [-0.2, 0) is 11.3 Å². The molecule has 4 aliphatic carbocycles. The molecule has 36 heavy (non-hydrogen) atoms. The van der Waals surface area contributed by atoms with E-state index in [1.165, 1.54) is 32.1 Å². The predicted octanol–water partition coefficient (Wildman–Crippen LogP) is 5.63. The summed E-state index contributed by atoms with van der Waals surface area (Å²) in [4.78, 5) is 25.9. The quantitative estimate of drug-likeness (QED) is 0.296. The number of carbonyl (C=O) groups is 1. The number of fused-ring (bicyclic) bond motifs is 1. The second kappa shape index (κ2) is 8.94. The number of aromatic nitrogens is 1. The van der Waals surface area contributed by atoms with E-state index < -0.39 is 0 Å². The zero-order valence-electron chi connectivity index (χ0n) is 20.6. The van der Waals surface area contributed by atoms with Crippen molar-refractivity contribution in [2.24, 2.45) is 17.3 Å². The Labute approximate surface area is 219 Å². The van der Waals surface area contributed by atoms with E-state index in [4.69, 9.17) is 4.74 Å². The van der Waals surface area contributed by atoms with Crippen molar-refractivity contribution in [2.45, 2.75) is 55.8 Å². The lowest BCUT2D eigenvalue weighted by molar-refractivity contribution is -0.127. The molecule has 7 heteroatoms. The zero-order chi connectivity index (χ0) is 24.9. The predicted molar refractivity (Wildman–Crippen MR) is 145 cm³/mol. The number of hydrazine groups is 1. The summed E-state index contributed by atoms with van der Waals surface area (Å²) in [6, 6.07) is 16.9. The highest BCUT2D eigenvalue weighted by molar-refractivity contribution is 9.10. The molecule has 3 aromatic rings. The molecule has 7 rings (SSSR count). The molecule has 4 saturated carbocycles. The van der Waals surface area contributed by atoms with Crippen LogP contribution in [-0.4, -0.2) is 21.9 Å².